The average molecular weight is 605 g/mol. The van der Waals surface area contributed by atoms with Crippen molar-refractivity contribution in [2.24, 2.45) is 5.10 Å². The zero-order valence-corrected chi connectivity index (χ0v) is 23.8. The second-order valence-electron chi connectivity index (χ2n) is 8.71. The Kier molecular flexibility index (Phi) is 10.1. The molecule has 8 nitrogen and oxygen atoms in total. The summed E-state index contributed by atoms with van der Waals surface area (Å²) in [6.07, 6.45) is 3.47. The van der Waals surface area contributed by atoms with E-state index in [4.69, 9.17) is 18.9 Å². The van der Waals surface area contributed by atoms with Gasteiger partial charge in [0.2, 0.25) is 0 Å². The van der Waals surface area contributed by atoms with Crippen molar-refractivity contribution in [2.45, 2.75) is 19.8 Å². The lowest BCUT2D eigenvalue weighted by atomic mass is 10.1. The van der Waals surface area contributed by atoms with Gasteiger partial charge in [0.25, 0.3) is 5.91 Å². The van der Waals surface area contributed by atoms with Crippen LogP contribution in [0.4, 0.5) is 0 Å². The molecule has 0 fully saturated rings. The molecule has 206 valence electrons. The van der Waals surface area contributed by atoms with Crippen LogP contribution in [0.2, 0.25) is 0 Å². The minimum absolute atomic E-state index is 0.210. The van der Waals surface area contributed by atoms with Gasteiger partial charge in [0.1, 0.15) is 11.5 Å². The Morgan fingerprint density at radius 1 is 0.925 bits per heavy atom. The zero-order chi connectivity index (χ0) is 28.3. The van der Waals surface area contributed by atoms with E-state index < -0.39 is 11.9 Å². The summed E-state index contributed by atoms with van der Waals surface area (Å²) in [5.41, 5.74) is 3.45. The predicted octanol–water partition coefficient (Wildman–Crippen LogP) is 6.54. The van der Waals surface area contributed by atoms with Gasteiger partial charge in [-0.25, -0.2) is 10.2 Å². The number of nitrogens with one attached hydrogen (secondary N) is 1. The quantitative estimate of drug-likeness (QED) is 0.0648. The Labute approximate surface area is 241 Å². The molecule has 0 radical (unpaired) electrons. The van der Waals surface area contributed by atoms with Crippen molar-refractivity contribution in [1.29, 1.82) is 0 Å². The summed E-state index contributed by atoms with van der Waals surface area (Å²) in [4.78, 5) is 24.9. The molecule has 0 saturated carbocycles. The summed E-state index contributed by atoms with van der Waals surface area (Å²) in [6, 6.07) is 23.3. The standard InChI is InChI=1S/C31H29BrN2O6/c1-3-4-17-38-24-13-10-23(11-14-24)31(36)40-26-15-9-21(18-28(26)37-2)19-33-34-29(35)20-39-27-16-12-22-7-5-6-8-25(22)30(27)32/h5-16,18-19H,3-4,17,20H2,1-2H3,(H,34,35). The maximum absolute atomic E-state index is 12.6. The fourth-order valence-electron chi connectivity index (χ4n) is 3.71. The summed E-state index contributed by atoms with van der Waals surface area (Å²) in [5.74, 6) is 0.912. The number of fused-ring (bicyclic) bond motifs is 1. The van der Waals surface area contributed by atoms with Crippen molar-refractivity contribution in [1.82, 2.24) is 5.43 Å². The summed E-state index contributed by atoms with van der Waals surface area (Å²) < 4.78 is 23.0. The van der Waals surface area contributed by atoms with Gasteiger partial charge in [0, 0.05) is 0 Å². The first kappa shape index (κ1) is 28.6. The first-order valence-electron chi connectivity index (χ1n) is 12.7. The van der Waals surface area contributed by atoms with Crippen LogP contribution in [0.1, 0.15) is 35.7 Å². The number of nitrogens with zero attached hydrogens (tertiary/aromatic N) is 1. The highest BCUT2D eigenvalue weighted by molar-refractivity contribution is 9.10. The topological polar surface area (TPSA) is 95.5 Å². The first-order chi connectivity index (χ1) is 19.5. The summed E-state index contributed by atoms with van der Waals surface area (Å²) in [5, 5.41) is 6.04. The van der Waals surface area contributed by atoms with E-state index in [0.717, 1.165) is 28.1 Å². The van der Waals surface area contributed by atoms with E-state index in [9.17, 15) is 9.59 Å². The number of carbonyl (C=O) groups excluding carboxylic acids is 2. The van der Waals surface area contributed by atoms with Crippen LogP contribution in [0.3, 0.4) is 0 Å². The number of hydrogen-bond acceptors (Lipinski definition) is 7. The predicted molar refractivity (Wildman–Crippen MR) is 158 cm³/mol. The molecule has 4 rings (SSSR count). The van der Waals surface area contributed by atoms with Crippen molar-refractivity contribution < 1.29 is 28.5 Å². The van der Waals surface area contributed by atoms with Crippen molar-refractivity contribution in [3.05, 3.63) is 94.5 Å². The lowest BCUT2D eigenvalue weighted by Gasteiger charge is -2.11. The highest BCUT2D eigenvalue weighted by atomic mass is 79.9. The summed E-state index contributed by atoms with van der Waals surface area (Å²) in [7, 11) is 1.47. The van der Waals surface area contributed by atoms with Gasteiger partial charge in [-0.2, -0.15) is 5.10 Å². The highest BCUT2D eigenvalue weighted by Crippen LogP contribution is 2.33. The smallest absolute Gasteiger partial charge is 0.343 e. The molecular weight excluding hydrogens is 576 g/mol. The van der Waals surface area contributed by atoms with E-state index in [1.807, 2.05) is 36.4 Å². The van der Waals surface area contributed by atoms with Gasteiger partial charge >= 0.3 is 5.97 Å². The largest absolute Gasteiger partial charge is 0.494 e. The molecule has 0 saturated heterocycles. The van der Waals surface area contributed by atoms with Crippen LogP contribution in [-0.4, -0.2) is 38.4 Å². The zero-order valence-electron chi connectivity index (χ0n) is 22.2. The van der Waals surface area contributed by atoms with E-state index in [-0.39, 0.29) is 12.4 Å². The van der Waals surface area contributed by atoms with Gasteiger partial charge < -0.3 is 18.9 Å². The number of unbranched alkanes of at least 4 members (excludes halogenated alkanes) is 1. The maximum atomic E-state index is 12.6. The van der Waals surface area contributed by atoms with Gasteiger partial charge in [0.05, 0.1) is 30.0 Å². The number of rotatable bonds is 12. The molecule has 0 aromatic heterocycles. The fourth-order valence-corrected chi connectivity index (χ4v) is 4.32. The summed E-state index contributed by atoms with van der Waals surface area (Å²) in [6.45, 7) is 2.52. The van der Waals surface area contributed by atoms with Gasteiger partial charge in [-0.3, -0.25) is 4.79 Å². The number of benzene rings is 4. The van der Waals surface area contributed by atoms with E-state index >= 15 is 0 Å². The Morgan fingerprint density at radius 3 is 2.48 bits per heavy atom. The molecule has 0 aliphatic heterocycles. The number of ether oxygens (including phenoxy) is 4. The molecular formula is C31H29BrN2O6. The molecule has 0 bridgehead atoms. The van der Waals surface area contributed by atoms with Crippen molar-refractivity contribution in [2.75, 3.05) is 20.3 Å². The third-order valence-electron chi connectivity index (χ3n) is 5.84. The molecule has 0 atom stereocenters. The van der Waals surface area contributed by atoms with E-state index in [1.54, 1.807) is 42.5 Å². The van der Waals surface area contributed by atoms with Crippen molar-refractivity contribution >= 4 is 44.8 Å². The monoisotopic (exact) mass is 604 g/mol. The fraction of sp³-hybridized carbons (Fsp3) is 0.194. The average Bonchev–Trinajstić information content (AvgIpc) is 2.98. The third kappa shape index (κ3) is 7.60. The van der Waals surface area contributed by atoms with Gasteiger partial charge in [-0.15, -0.1) is 0 Å². The molecule has 0 unspecified atom stereocenters. The minimum Gasteiger partial charge on any atom is -0.494 e. The van der Waals surface area contributed by atoms with Crippen LogP contribution in [0.15, 0.2) is 88.4 Å². The maximum Gasteiger partial charge on any atom is 0.343 e. The highest BCUT2D eigenvalue weighted by Gasteiger charge is 2.13. The molecule has 0 aliphatic rings. The number of carbonyl (C=O) groups is 2. The Bertz CT molecular complexity index is 1500. The lowest BCUT2D eigenvalue weighted by molar-refractivity contribution is -0.123. The molecule has 9 heteroatoms. The molecule has 4 aromatic rings. The second-order valence-corrected chi connectivity index (χ2v) is 9.50. The Hall–Kier alpha value is -4.37. The number of hydrazone groups is 1. The third-order valence-corrected chi connectivity index (χ3v) is 6.65. The lowest BCUT2D eigenvalue weighted by Crippen LogP contribution is -2.24. The summed E-state index contributed by atoms with van der Waals surface area (Å²) >= 11 is 3.54. The van der Waals surface area contributed by atoms with Crippen LogP contribution < -0.4 is 24.4 Å². The van der Waals surface area contributed by atoms with Crippen LogP contribution in [0, 0.1) is 0 Å². The number of methoxy groups -OCH3 is 1. The van der Waals surface area contributed by atoms with Crippen molar-refractivity contribution in [3.8, 4) is 23.0 Å². The van der Waals surface area contributed by atoms with E-state index in [1.165, 1.54) is 13.3 Å². The molecule has 0 aliphatic carbocycles. The molecule has 1 amide bonds. The van der Waals surface area contributed by atoms with E-state index in [2.05, 4.69) is 33.4 Å². The van der Waals surface area contributed by atoms with Crippen LogP contribution in [0.5, 0.6) is 23.0 Å². The number of amides is 1. The second kappa shape index (κ2) is 14.1. The van der Waals surface area contributed by atoms with E-state index in [0.29, 0.717) is 35.0 Å². The minimum atomic E-state index is -0.523. The Morgan fingerprint density at radius 2 is 1.70 bits per heavy atom. The van der Waals surface area contributed by atoms with Crippen LogP contribution >= 0.6 is 15.9 Å². The first-order valence-corrected chi connectivity index (χ1v) is 13.5. The number of halogens is 1. The molecule has 1 N–H and O–H groups in total. The van der Waals surface area contributed by atoms with Gasteiger partial charge in [-0.1, -0.05) is 43.7 Å². The van der Waals surface area contributed by atoms with Crippen LogP contribution in [0.25, 0.3) is 10.8 Å². The molecule has 40 heavy (non-hydrogen) atoms. The van der Waals surface area contributed by atoms with Gasteiger partial charge in [-0.05, 0) is 87.2 Å². The number of esters is 1. The normalized spacial score (nSPS) is 10.9. The molecule has 0 spiro atoms. The molecule has 4 aromatic carbocycles. The van der Waals surface area contributed by atoms with Gasteiger partial charge in [0.15, 0.2) is 18.1 Å². The SMILES string of the molecule is CCCCOc1ccc(C(=O)Oc2ccc(C=NNC(=O)COc3ccc4ccccc4c3Br)cc2OC)cc1. The van der Waals surface area contributed by atoms with Crippen molar-refractivity contribution in [3.63, 3.8) is 0 Å². The molecule has 0 heterocycles. The Balaban J connectivity index is 1.30. The van der Waals surface area contributed by atoms with Crippen LogP contribution in [-0.2, 0) is 4.79 Å². The number of hydrogen-bond donors (Lipinski definition) is 1.